The van der Waals surface area contributed by atoms with Crippen LogP contribution in [0.4, 0.5) is 0 Å². The summed E-state index contributed by atoms with van der Waals surface area (Å²) in [4.78, 5) is 4.28. The fourth-order valence-electron chi connectivity index (χ4n) is 2.60. The maximum atomic E-state index is 5.85. The second-order valence-corrected chi connectivity index (χ2v) is 5.49. The smallest absolute Gasteiger partial charge is 0.188 e. The normalized spacial score (nSPS) is 14.7. The van der Waals surface area contributed by atoms with E-state index in [0.717, 1.165) is 57.2 Å². The van der Waals surface area contributed by atoms with Crippen LogP contribution in [0.2, 0.25) is 0 Å². The van der Waals surface area contributed by atoms with Gasteiger partial charge in [-0.1, -0.05) is 6.42 Å². The number of fused-ring (bicyclic) bond motifs is 1. The zero-order valence-electron chi connectivity index (χ0n) is 14.0. The van der Waals surface area contributed by atoms with E-state index in [4.69, 9.17) is 10.5 Å². The number of rotatable bonds is 8. The van der Waals surface area contributed by atoms with Gasteiger partial charge in [-0.3, -0.25) is 4.99 Å². The van der Waals surface area contributed by atoms with Crippen LogP contribution in [0.3, 0.4) is 0 Å². The summed E-state index contributed by atoms with van der Waals surface area (Å²) in [6, 6.07) is 0. The fourth-order valence-corrected chi connectivity index (χ4v) is 2.60. The molecular weight excluding hydrogens is 407 g/mol. The number of hydrogen-bond donors (Lipinski definition) is 2. The first-order valence-corrected chi connectivity index (χ1v) is 8.33. The van der Waals surface area contributed by atoms with Crippen molar-refractivity contribution >= 4 is 29.9 Å². The Morgan fingerprint density at radius 2 is 2.22 bits per heavy atom. The van der Waals surface area contributed by atoms with Crippen LogP contribution in [0, 0.1) is 0 Å². The van der Waals surface area contributed by atoms with Crippen LogP contribution >= 0.6 is 24.0 Å². The van der Waals surface area contributed by atoms with Crippen molar-refractivity contribution in [1.82, 2.24) is 20.1 Å². The summed E-state index contributed by atoms with van der Waals surface area (Å²) >= 11 is 0. The Hall–Kier alpha value is -0.900. The highest BCUT2D eigenvalue weighted by Crippen LogP contribution is 2.14. The first-order valence-electron chi connectivity index (χ1n) is 8.33. The van der Waals surface area contributed by atoms with E-state index < -0.39 is 0 Å². The van der Waals surface area contributed by atoms with Crippen LogP contribution in [0.15, 0.2) is 4.99 Å². The molecule has 2 rings (SSSR count). The van der Waals surface area contributed by atoms with Gasteiger partial charge >= 0.3 is 0 Å². The van der Waals surface area contributed by atoms with Crippen LogP contribution in [0.25, 0.3) is 0 Å². The number of aryl methyl sites for hydroxylation is 1. The van der Waals surface area contributed by atoms with Crippen molar-refractivity contribution in [2.45, 2.75) is 52.0 Å². The third kappa shape index (κ3) is 7.03. The van der Waals surface area contributed by atoms with Crippen LogP contribution in [0.5, 0.6) is 0 Å². The maximum Gasteiger partial charge on any atom is 0.188 e. The number of aromatic nitrogens is 3. The molecule has 132 valence electrons. The van der Waals surface area contributed by atoms with Crippen molar-refractivity contribution in [3.63, 3.8) is 0 Å². The molecule has 1 aliphatic heterocycles. The summed E-state index contributed by atoms with van der Waals surface area (Å²) in [7, 11) is 0. The van der Waals surface area contributed by atoms with Gasteiger partial charge in [-0.25, -0.2) is 0 Å². The molecule has 0 bridgehead atoms. The van der Waals surface area contributed by atoms with Crippen molar-refractivity contribution in [2.24, 2.45) is 10.7 Å². The van der Waals surface area contributed by atoms with Gasteiger partial charge in [0.05, 0.1) is 0 Å². The lowest BCUT2D eigenvalue weighted by atomic mass is 10.2. The van der Waals surface area contributed by atoms with Crippen LogP contribution in [-0.4, -0.2) is 47.0 Å². The molecule has 0 spiro atoms. The van der Waals surface area contributed by atoms with E-state index >= 15 is 0 Å². The van der Waals surface area contributed by atoms with Gasteiger partial charge in [0.2, 0.25) is 0 Å². The molecule has 0 radical (unpaired) electrons. The highest BCUT2D eigenvalue weighted by atomic mass is 127. The maximum absolute atomic E-state index is 5.85. The van der Waals surface area contributed by atoms with Gasteiger partial charge < -0.3 is 20.4 Å². The zero-order chi connectivity index (χ0) is 15.6. The monoisotopic (exact) mass is 436 g/mol. The SMILES string of the molecule is CCOCCCN=C(N)NCCc1nnc2n1CCCCC2.I. The number of hydrogen-bond acceptors (Lipinski definition) is 4. The molecule has 3 N–H and O–H groups in total. The molecule has 0 fully saturated rings. The molecule has 1 aromatic heterocycles. The van der Waals surface area contributed by atoms with Crippen LogP contribution < -0.4 is 11.1 Å². The molecule has 8 heteroatoms. The second kappa shape index (κ2) is 11.6. The molecule has 0 amide bonds. The first kappa shape index (κ1) is 20.1. The van der Waals surface area contributed by atoms with Crippen molar-refractivity contribution in [2.75, 3.05) is 26.3 Å². The first-order chi connectivity index (χ1) is 10.8. The van der Waals surface area contributed by atoms with E-state index in [1.54, 1.807) is 0 Å². The lowest BCUT2D eigenvalue weighted by Crippen LogP contribution is -2.33. The van der Waals surface area contributed by atoms with Gasteiger partial charge in [0.25, 0.3) is 0 Å². The van der Waals surface area contributed by atoms with Gasteiger partial charge in [0.15, 0.2) is 5.96 Å². The number of guanidine groups is 1. The van der Waals surface area contributed by atoms with Crippen molar-refractivity contribution in [1.29, 1.82) is 0 Å². The third-order valence-electron chi connectivity index (χ3n) is 3.77. The van der Waals surface area contributed by atoms with Crippen LogP contribution in [0.1, 0.15) is 44.3 Å². The predicted molar refractivity (Wildman–Crippen MR) is 102 cm³/mol. The number of aliphatic imine (C=N–C) groups is 1. The molecule has 1 aromatic rings. The van der Waals surface area contributed by atoms with Crippen molar-refractivity contribution < 1.29 is 4.74 Å². The summed E-state index contributed by atoms with van der Waals surface area (Å²) in [5, 5.41) is 11.8. The molecule has 1 aliphatic rings. The van der Waals surface area contributed by atoms with E-state index in [2.05, 4.69) is 25.1 Å². The van der Waals surface area contributed by atoms with Crippen molar-refractivity contribution in [3.05, 3.63) is 11.6 Å². The average Bonchev–Trinajstić information content (AvgIpc) is 2.75. The van der Waals surface area contributed by atoms with E-state index in [9.17, 15) is 0 Å². The number of nitrogens with one attached hydrogen (secondary N) is 1. The van der Waals surface area contributed by atoms with Crippen LogP contribution in [-0.2, 0) is 24.1 Å². The molecule has 0 saturated heterocycles. The Morgan fingerprint density at radius 3 is 3.04 bits per heavy atom. The quantitative estimate of drug-likeness (QED) is 0.279. The highest BCUT2D eigenvalue weighted by Gasteiger charge is 2.13. The minimum atomic E-state index is 0. The summed E-state index contributed by atoms with van der Waals surface area (Å²) in [5.41, 5.74) is 5.85. The number of halogens is 1. The Kier molecular flexibility index (Phi) is 10.2. The topological polar surface area (TPSA) is 90.3 Å². The predicted octanol–water partition coefficient (Wildman–Crippen LogP) is 1.50. The van der Waals surface area contributed by atoms with Gasteiger partial charge in [0, 0.05) is 45.7 Å². The lowest BCUT2D eigenvalue weighted by Gasteiger charge is -2.08. The molecule has 0 unspecified atom stereocenters. The summed E-state index contributed by atoms with van der Waals surface area (Å²) in [6.45, 7) is 5.94. The summed E-state index contributed by atoms with van der Waals surface area (Å²) in [6.07, 6.45) is 6.48. The molecule has 7 nitrogen and oxygen atoms in total. The summed E-state index contributed by atoms with van der Waals surface area (Å²) in [5.74, 6) is 2.67. The second-order valence-electron chi connectivity index (χ2n) is 5.49. The lowest BCUT2D eigenvalue weighted by molar-refractivity contribution is 0.146. The van der Waals surface area contributed by atoms with E-state index in [-0.39, 0.29) is 24.0 Å². The molecule has 0 aliphatic carbocycles. The standard InChI is InChI=1S/C15H28N6O.HI/c1-2-22-12-6-9-17-15(16)18-10-8-14-20-19-13-7-4-3-5-11-21(13)14;/h2-12H2,1H3,(H3,16,17,18);1H. The minimum absolute atomic E-state index is 0. The zero-order valence-corrected chi connectivity index (χ0v) is 16.3. The Labute approximate surface area is 155 Å². The third-order valence-corrected chi connectivity index (χ3v) is 3.77. The molecular formula is C15H29IN6O. The highest BCUT2D eigenvalue weighted by molar-refractivity contribution is 14.0. The number of ether oxygens (including phenoxy) is 1. The molecule has 0 aromatic carbocycles. The molecule has 0 atom stereocenters. The number of nitrogens with zero attached hydrogens (tertiary/aromatic N) is 4. The minimum Gasteiger partial charge on any atom is -0.382 e. The van der Waals surface area contributed by atoms with Crippen molar-refractivity contribution in [3.8, 4) is 0 Å². The Balaban J connectivity index is 0.00000264. The van der Waals surface area contributed by atoms with Gasteiger partial charge in [0.1, 0.15) is 11.6 Å². The van der Waals surface area contributed by atoms with E-state index in [1.165, 1.54) is 19.3 Å². The molecule has 2 heterocycles. The van der Waals surface area contributed by atoms with Gasteiger partial charge in [-0.2, -0.15) is 0 Å². The number of nitrogens with two attached hydrogens (primary N) is 1. The molecule has 23 heavy (non-hydrogen) atoms. The largest absolute Gasteiger partial charge is 0.382 e. The molecule has 0 saturated carbocycles. The Bertz CT molecular complexity index is 477. The van der Waals surface area contributed by atoms with E-state index in [1.807, 2.05) is 6.92 Å². The summed E-state index contributed by atoms with van der Waals surface area (Å²) < 4.78 is 7.53. The van der Waals surface area contributed by atoms with E-state index in [0.29, 0.717) is 12.5 Å². The average molecular weight is 436 g/mol. The van der Waals surface area contributed by atoms with Gasteiger partial charge in [-0.15, -0.1) is 34.2 Å². The van der Waals surface area contributed by atoms with Gasteiger partial charge in [-0.05, 0) is 26.2 Å². The Morgan fingerprint density at radius 1 is 1.35 bits per heavy atom. The fraction of sp³-hybridized carbons (Fsp3) is 0.800.